The van der Waals surface area contributed by atoms with E-state index in [-0.39, 0.29) is 0 Å². The van der Waals surface area contributed by atoms with Crippen molar-refractivity contribution in [2.45, 2.75) is 13.0 Å². The predicted octanol–water partition coefficient (Wildman–Crippen LogP) is 1.83. The average Bonchev–Trinajstić information content (AvgIpc) is 2.55. The van der Waals surface area contributed by atoms with Crippen LogP contribution in [0, 0.1) is 0 Å². The van der Waals surface area contributed by atoms with Gasteiger partial charge in [0.15, 0.2) is 0 Å². The monoisotopic (exact) mass is 267 g/mol. The third kappa shape index (κ3) is 2.93. The van der Waals surface area contributed by atoms with Crippen LogP contribution in [0.3, 0.4) is 0 Å². The first-order chi connectivity index (χ1) is 9.93. The Morgan fingerprint density at radius 3 is 2.95 bits per heavy atom. The molecule has 0 atom stereocenters. The second kappa shape index (κ2) is 6.14. The van der Waals surface area contributed by atoms with Gasteiger partial charge < -0.3 is 10.6 Å². The molecule has 0 spiro atoms. The van der Waals surface area contributed by atoms with Crippen LogP contribution in [-0.4, -0.2) is 28.9 Å². The summed E-state index contributed by atoms with van der Waals surface area (Å²) in [6, 6.07) is 7.95. The molecule has 1 aliphatic heterocycles. The van der Waals surface area contributed by atoms with Crippen molar-refractivity contribution in [3.05, 3.63) is 54.0 Å². The maximum Gasteiger partial charge on any atom is 0.137 e. The number of nitrogens with zero attached hydrogens (tertiary/aromatic N) is 3. The summed E-state index contributed by atoms with van der Waals surface area (Å²) >= 11 is 0. The lowest BCUT2D eigenvalue weighted by atomic mass is 10.2. The van der Waals surface area contributed by atoms with Crippen LogP contribution in [-0.2, 0) is 6.54 Å². The van der Waals surface area contributed by atoms with Crippen molar-refractivity contribution in [1.29, 1.82) is 0 Å². The molecule has 2 aromatic rings. The fraction of sp³-hybridized carbons (Fsp3) is 0.267. The molecule has 0 fully saturated rings. The van der Waals surface area contributed by atoms with Gasteiger partial charge in [-0.25, -0.2) is 4.98 Å². The molecule has 20 heavy (non-hydrogen) atoms. The van der Waals surface area contributed by atoms with Crippen molar-refractivity contribution in [1.82, 2.24) is 15.3 Å². The fourth-order valence-corrected chi connectivity index (χ4v) is 2.14. The van der Waals surface area contributed by atoms with E-state index in [1.54, 1.807) is 12.4 Å². The zero-order valence-electron chi connectivity index (χ0n) is 11.2. The number of amidine groups is 1. The Morgan fingerprint density at radius 1 is 1.20 bits per heavy atom. The number of hydrogen-bond donors (Lipinski definition) is 2. The molecule has 1 aliphatic rings. The predicted molar refractivity (Wildman–Crippen MR) is 79.8 cm³/mol. The van der Waals surface area contributed by atoms with Crippen LogP contribution < -0.4 is 10.6 Å². The smallest absolute Gasteiger partial charge is 0.137 e. The lowest BCUT2D eigenvalue weighted by molar-refractivity contribution is 0.742. The summed E-state index contributed by atoms with van der Waals surface area (Å²) in [7, 11) is 0. The number of nitrogens with one attached hydrogen (secondary N) is 2. The minimum absolute atomic E-state index is 0.700. The van der Waals surface area contributed by atoms with Gasteiger partial charge >= 0.3 is 0 Å². The van der Waals surface area contributed by atoms with E-state index in [2.05, 4.69) is 25.6 Å². The molecule has 0 aromatic carbocycles. The van der Waals surface area contributed by atoms with Gasteiger partial charge in [0.2, 0.25) is 0 Å². The second-order valence-corrected chi connectivity index (χ2v) is 4.63. The van der Waals surface area contributed by atoms with Gasteiger partial charge in [0.05, 0.1) is 5.56 Å². The molecule has 0 unspecified atom stereocenters. The van der Waals surface area contributed by atoms with Gasteiger partial charge in [0.1, 0.15) is 11.7 Å². The number of rotatable bonds is 4. The Bertz CT molecular complexity index is 594. The molecule has 0 amide bonds. The van der Waals surface area contributed by atoms with E-state index in [1.807, 2.05) is 30.5 Å². The lowest BCUT2D eigenvalue weighted by Crippen LogP contribution is -2.31. The molecular formula is C15H17N5. The van der Waals surface area contributed by atoms with Crippen molar-refractivity contribution < 1.29 is 0 Å². The van der Waals surface area contributed by atoms with Crippen LogP contribution in [0.1, 0.15) is 17.5 Å². The summed E-state index contributed by atoms with van der Waals surface area (Å²) in [5.74, 6) is 1.78. The van der Waals surface area contributed by atoms with Crippen LogP contribution in [0.4, 0.5) is 5.82 Å². The summed E-state index contributed by atoms with van der Waals surface area (Å²) in [4.78, 5) is 13.1. The molecule has 3 rings (SSSR count). The number of anilines is 1. The molecule has 5 heteroatoms. The number of aliphatic imine (C=N–C) groups is 1. The molecule has 102 valence electrons. The topological polar surface area (TPSA) is 62.2 Å². The Hall–Kier alpha value is -2.43. The van der Waals surface area contributed by atoms with Crippen molar-refractivity contribution in [3.8, 4) is 0 Å². The van der Waals surface area contributed by atoms with E-state index >= 15 is 0 Å². The van der Waals surface area contributed by atoms with Gasteiger partial charge in [-0.2, -0.15) is 0 Å². The van der Waals surface area contributed by atoms with Gasteiger partial charge in [0.25, 0.3) is 0 Å². The number of hydrogen-bond acceptors (Lipinski definition) is 5. The van der Waals surface area contributed by atoms with E-state index in [0.29, 0.717) is 6.54 Å². The van der Waals surface area contributed by atoms with Gasteiger partial charge in [0, 0.05) is 38.2 Å². The Labute approximate surface area is 118 Å². The maximum atomic E-state index is 4.53. The highest BCUT2D eigenvalue weighted by atomic mass is 15.0. The fourth-order valence-electron chi connectivity index (χ4n) is 2.14. The minimum Gasteiger partial charge on any atom is -0.370 e. The summed E-state index contributed by atoms with van der Waals surface area (Å²) in [5, 5.41) is 6.69. The van der Waals surface area contributed by atoms with Crippen LogP contribution >= 0.6 is 0 Å². The van der Waals surface area contributed by atoms with Crippen molar-refractivity contribution in [3.63, 3.8) is 0 Å². The molecule has 0 radical (unpaired) electrons. The zero-order chi connectivity index (χ0) is 13.6. The quantitative estimate of drug-likeness (QED) is 0.887. The molecule has 0 saturated carbocycles. The van der Waals surface area contributed by atoms with Crippen LogP contribution in [0.5, 0.6) is 0 Å². The molecule has 5 nitrogen and oxygen atoms in total. The van der Waals surface area contributed by atoms with E-state index < -0.39 is 0 Å². The molecule has 3 heterocycles. The first kappa shape index (κ1) is 12.6. The van der Waals surface area contributed by atoms with Gasteiger partial charge in [-0.15, -0.1) is 0 Å². The SMILES string of the molecule is c1cncc(CNc2ncccc2C2=NCCCN2)c1. The summed E-state index contributed by atoms with van der Waals surface area (Å²) < 4.78 is 0. The van der Waals surface area contributed by atoms with E-state index in [4.69, 9.17) is 0 Å². The van der Waals surface area contributed by atoms with Crippen LogP contribution in [0.15, 0.2) is 47.8 Å². The molecule has 2 aromatic heterocycles. The Kier molecular flexibility index (Phi) is 3.87. The molecule has 0 aliphatic carbocycles. The van der Waals surface area contributed by atoms with Crippen molar-refractivity contribution in [2.24, 2.45) is 4.99 Å². The number of aromatic nitrogens is 2. The zero-order valence-corrected chi connectivity index (χ0v) is 11.2. The highest BCUT2D eigenvalue weighted by Crippen LogP contribution is 2.14. The first-order valence-electron chi connectivity index (χ1n) is 6.80. The minimum atomic E-state index is 0.700. The Morgan fingerprint density at radius 2 is 2.15 bits per heavy atom. The molecule has 2 N–H and O–H groups in total. The molecule has 0 bridgehead atoms. The largest absolute Gasteiger partial charge is 0.370 e. The van der Waals surface area contributed by atoms with Crippen LogP contribution in [0.2, 0.25) is 0 Å². The maximum absolute atomic E-state index is 4.53. The summed E-state index contributed by atoms with van der Waals surface area (Å²) in [5.41, 5.74) is 2.15. The van der Waals surface area contributed by atoms with Gasteiger partial charge in [-0.05, 0) is 30.2 Å². The molecular weight excluding hydrogens is 250 g/mol. The normalized spacial score (nSPS) is 14.3. The van der Waals surface area contributed by atoms with Gasteiger partial charge in [-0.3, -0.25) is 9.98 Å². The first-order valence-corrected chi connectivity index (χ1v) is 6.80. The Balaban J connectivity index is 1.78. The highest BCUT2D eigenvalue weighted by molar-refractivity contribution is 6.03. The highest BCUT2D eigenvalue weighted by Gasteiger charge is 2.12. The lowest BCUT2D eigenvalue weighted by Gasteiger charge is -2.17. The van der Waals surface area contributed by atoms with Crippen molar-refractivity contribution in [2.75, 3.05) is 18.4 Å². The van der Waals surface area contributed by atoms with E-state index in [0.717, 1.165) is 42.3 Å². The standard InChI is InChI=1S/C15H17N5/c1-4-12(10-16-6-1)11-20-15-13(5-2-7-17-15)14-18-8-3-9-19-14/h1-2,4-7,10H,3,8-9,11H2,(H,17,20)(H,18,19). The second-order valence-electron chi connectivity index (χ2n) is 4.63. The summed E-state index contributed by atoms with van der Waals surface area (Å²) in [6.07, 6.45) is 6.50. The van der Waals surface area contributed by atoms with Crippen LogP contribution in [0.25, 0.3) is 0 Å². The third-order valence-corrected chi connectivity index (χ3v) is 3.14. The van der Waals surface area contributed by atoms with Crippen molar-refractivity contribution >= 4 is 11.7 Å². The van der Waals surface area contributed by atoms with E-state index in [1.165, 1.54) is 0 Å². The molecule has 0 saturated heterocycles. The average molecular weight is 267 g/mol. The third-order valence-electron chi connectivity index (χ3n) is 3.14. The van der Waals surface area contributed by atoms with E-state index in [9.17, 15) is 0 Å². The number of pyridine rings is 2. The van der Waals surface area contributed by atoms with Gasteiger partial charge in [-0.1, -0.05) is 6.07 Å². The summed E-state index contributed by atoms with van der Waals surface area (Å²) in [6.45, 7) is 2.54.